The first-order chi connectivity index (χ1) is 10.1. The highest BCUT2D eigenvalue weighted by Crippen LogP contribution is 2.22. The van der Waals surface area contributed by atoms with Gasteiger partial charge in [0.25, 0.3) is 5.91 Å². The summed E-state index contributed by atoms with van der Waals surface area (Å²) in [4.78, 5) is 13.7. The maximum atomic E-state index is 13.9. The molecule has 1 fully saturated rings. The predicted octanol–water partition coefficient (Wildman–Crippen LogP) is 1.23. The first-order valence-corrected chi connectivity index (χ1v) is 6.81. The maximum absolute atomic E-state index is 13.9. The molecule has 1 heterocycles. The first-order valence-electron chi connectivity index (χ1n) is 6.81. The number of anilines is 1. The lowest BCUT2D eigenvalue weighted by Gasteiger charge is -2.34. The molecule has 7 heteroatoms. The SMILES string of the molecule is CCNc1c(F)cc(C(=O)N2CCOCC2CO)cc1F. The molecule has 0 saturated carbocycles. The van der Waals surface area contributed by atoms with Crippen LogP contribution in [0.15, 0.2) is 12.1 Å². The number of aliphatic hydroxyl groups is 1. The number of ether oxygens (including phenoxy) is 1. The smallest absolute Gasteiger partial charge is 0.254 e. The zero-order valence-corrected chi connectivity index (χ0v) is 11.7. The summed E-state index contributed by atoms with van der Waals surface area (Å²) in [5, 5.41) is 11.8. The number of nitrogens with zero attached hydrogens (tertiary/aromatic N) is 1. The Kier molecular flexibility index (Phi) is 5.08. The summed E-state index contributed by atoms with van der Waals surface area (Å²) in [6.45, 7) is 2.66. The summed E-state index contributed by atoms with van der Waals surface area (Å²) in [6, 6.07) is 1.52. The Morgan fingerprint density at radius 2 is 2.14 bits per heavy atom. The number of morpholine rings is 1. The van der Waals surface area contributed by atoms with Crippen LogP contribution in [-0.2, 0) is 4.74 Å². The third-order valence-electron chi connectivity index (χ3n) is 3.34. The van der Waals surface area contributed by atoms with Gasteiger partial charge in [-0.15, -0.1) is 0 Å². The number of carbonyl (C=O) groups excluding carboxylic acids is 1. The molecule has 116 valence electrons. The topological polar surface area (TPSA) is 61.8 Å². The Morgan fingerprint density at radius 1 is 1.48 bits per heavy atom. The molecule has 1 amide bonds. The van der Waals surface area contributed by atoms with Gasteiger partial charge in [0.05, 0.1) is 25.9 Å². The molecule has 1 aromatic rings. The Morgan fingerprint density at radius 3 is 2.71 bits per heavy atom. The molecule has 1 aliphatic heterocycles. The van der Waals surface area contributed by atoms with Crippen LogP contribution in [0.25, 0.3) is 0 Å². The summed E-state index contributed by atoms with van der Waals surface area (Å²) in [7, 11) is 0. The highest BCUT2D eigenvalue weighted by Gasteiger charge is 2.28. The molecule has 1 aromatic carbocycles. The number of nitrogens with one attached hydrogen (secondary N) is 1. The second-order valence-electron chi connectivity index (χ2n) is 4.76. The van der Waals surface area contributed by atoms with Crippen molar-refractivity contribution in [2.24, 2.45) is 0 Å². The number of carbonyl (C=O) groups is 1. The number of aliphatic hydroxyl groups excluding tert-OH is 1. The van der Waals surface area contributed by atoms with Crippen LogP contribution in [0.3, 0.4) is 0 Å². The van der Waals surface area contributed by atoms with E-state index in [2.05, 4.69) is 5.32 Å². The molecule has 2 N–H and O–H groups in total. The van der Waals surface area contributed by atoms with E-state index >= 15 is 0 Å². The van der Waals surface area contributed by atoms with Crippen molar-refractivity contribution in [1.82, 2.24) is 4.90 Å². The van der Waals surface area contributed by atoms with Gasteiger partial charge in [-0.1, -0.05) is 0 Å². The fourth-order valence-electron chi connectivity index (χ4n) is 2.28. The fourth-order valence-corrected chi connectivity index (χ4v) is 2.28. The number of hydrogen-bond acceptors (Lipinski definition) is 4. The molecule has 0 aliphatic carbocycles. The third-order valence-corrected chi connectivity index (χ3v) is 3.34. The van der Waals surface area contributed by atoms with E-state index in [1.807, 2.05) is 0 Å². The zero-order chi connectivity index (χ0) is 15.4. The number of halogens is 2. The molecule has 0 aromatic heterocycles. The summed E-state index contributed by atoms with van der Waals surface area (Å²) < 4.78 is 32.9. The number of hydrogen-bond donors (Lipinski definition) is 2. The molecule has 0 bridgehead atoms. The fraction of sp³-hybridized carbons (Fsp3) is 0.500. The summed E-state index contributed by atoms with van der Waals surface area (Å²) >= 11 is 0. The minimum Gasteiger partial charge on any atom is -0.394 e. The molecule has 1 aliphatic rings. The second kappa shape index (κ2) is 6.82. The summed E-state index contributed by atoms with van der Waals surface area (Å²) in [5.41, 5.74) is -0.318. The van der Waals surface area contributed by atoms with E-state index in [0.717, 1.165) is 12.1 Å². The molecule has 1 atom stereocenters. The van der Waals surface area contributed by atoms with Crippen LogP contribution in [0.2, 0.25) is 0 Å². The van der Waals surface area contributed by atoms with E-state index in [0.29, 0.717) is 13.2 Å². The molecule has 1 unspecified atom stereocenters. The monoisotopic (exact) mass is 300 g/mol. The van der Waals surface area contributed by atoms with Crippen LogP contribution in [-0.4, -0.2) is 54.9 Å². The van der Waals surface area contributed by atoms with Crippen molar-refractivity contribution in [3.05, 3.63) is 29.3 Å². The lowest BCUT2D eigenvalue weighted by molar-refractivity contribution is -0.0184. The molecule has 21 heavy (non-hydrogen) atoms. The number of amides is 1. The van der Waals surface area contributed by atoms with Gasteiger partial charge in [-0.3, -0.25) is 4.79 Å². The van der Waals surface area contributed by atoms with Crippen LogP contribution in [0.5, 0.6) is 0 Å². The van der Waals surface area contributed by atoms with E-state index in [-0.39, 0.29) is 31.0 Å². The second-order valence-corrected chi connectivity index (χ2v) is 4.76. The highest BCUT2D eigenvalue weighted by atomic mass is 19.1. The molecule has 5 nitrogen and oxygen atoms in total. The van der Waals surface area contributed by atoms with Crippen molar-refractivity contribution in [3.8, 4) is 0 Å². The van der Waals surface area contributed by atoms with Crippen LogP contribution in [0.1, 0.15) is 17.3 Å². The number of rotatable bonds is 4. The average molecular weight is 300 g/mol. The van der Waals surface area contributed by atoms with Gasteiger partial charge in [0.1, 0.15) is 17.3 Å². The first kappa shape index (κ1) is 15.7. The Hall–Kier alpha value is -1.73. The number of benzene rings is 1. The Balaban J connectivity index is 2.26. The van der Waals surface area contributed by atoms with Crippen LogP contribution in [0, 0.1) is 11.6 Å². The lowest BCUT2D eigenvalue weighted by atomic mass is 10.1. The minimum absolute atomic E-state index is 0.0768. The van der Waals surface area contributed by atoms with Crippen molar-refractivity contribution in [1.29, 1.82) is 0 Å². The zero-order valence-electron chi connectivity index (χ0n) is 11.7. The molecule has 0 radical (unpaired) electrons. The molecular formula is C14H18F2N2O3. The van der Waals surface area contributed by atoms with Gasteiger partial charge in [0.2, 0.25) is 0 Å². The van der Waals surface area contributed by atoms with E-state index in [4.69, 9.17) is 4.74 Å². The average Bonchev–Trinajstić information content (AvgIpc) is 2.50. The lowest BCUT2D eigenvalue weighted by Crippen LogP contribution is -2.50. The Labute approximate surface area is 121 Å². The van der Waals surface area contributed by atoms with Crippen LogP contribution < -0.4 is 5.32 Å². The minimum atomic E-state index is -0.811. The van der Waals surface area contributed by atoms with Crippen molar-refractivity contribution < 1.29 is 23.4 Å². The van der Waals surface area contributed by atoms with Gasteiger partial charge in [0.15, 0.2) is 0 Å². The molecule has 0 spiro atoms. The molecule has 1 saturated heterocycles. The van der Waals surface area contributed by atoms with Gasteiger partial charge < -0.3 is 20.1 Å². The van der Waals surface area contributed by atoms with Gasteiger partial charge >= 0.3 is 0 Å². The Bertz CT molecular complexity index is 502. The third kappa shape index (κ3) is 3.30. The quantitative estimate of drug-likeness (QED) is 0.878. The van der Waals surface area contributed by atoms with E-state index in [1.54, 1.807) is 6.92 Å². The van der Waals surface area contributed by atoms with Gasteiger partial charge in [-0.2, -0.15) is 0 Å². The van der Waals surface area contributed by atoms with Crippen molar-refractivity contribution in [2.75, 3.05) is 38.2 Å². The normalized spacial score (nSPS) is 18.7. The standard InChI is InChI=1S/C14H18F2N2O3/c1-2-17-13-11(15)5-9(6-12(13)16)14(20)18-3-4-21-8-10(18)7-19/h5-6,10,17,19H,2-4,7-8H2,1H3. The van der Waals surface area contributed by atoms with E-state index in [1.165, 1.54) is 4.90 Å². The van der Waals surface area contributed by atoms with Crippen LogP contribution in [0.4, 0.5) is 14.5 Å². The van der Waals surface area contributed by atoms with E-state index in [9.17, 15) is 18.7 Å². The van der Waals surface area contributed by atoms with Gasteiger partial charge in [-0.05, 0) is 19.1 Å². The summed E-state index contributed by atoms with van der Waals surface area (Å²) in [5.74, 6) is -2.14. The van der Waals surface area contributed by atoms with Crippen molar-refractivity contribution in [3.63, 3.8) is 0 Å². The predicted molar refractivity (Wildman–Crippen MR) is 73.3 cm³/mol. The van der Waals surface area contributed by atoms with Gasteiger partial charge in [0, 0.05) is 18.7 Å². The summed E-state index contributed by atoms with van der Waals surface area (Å²) in [6.07, 6.45) is 0. The van der Waals surface area contributed by atoms with Gasteiger partial charge in [-0.25, -0.2) is 8.78 Å². The molecular weight excluding hydrogens is 282 g/mol. The molecule has 2 rings (SSSR count). The van der Waals surface area contributed by atoms with E-state index < -0.39 is 23.6 Å². The van der Waals surface area contributed by atoms with Crippen molar-refractivity contribution >= 4 is 11.6 Å². The maximum Gasteiger partial charge on any atom is 0.254 e. The highest BCUT2D eigenvalue weighted by molar-refractivity contribution is 5.95. The largest absolute Gasteiger partial charge is 0.394 e. The van der Waals surface area contributed by atoms with Crippen LogP contribution >= 0.6 is 0 Å². The van der Waals surface area contributed by atoms with Crippen molar-refractivity contribution in [2.45, 2.75) is 13.0 Å².